The van der Waals surface area contributed by atoms with E-state index < -0.39 is 11.5 Å². The summed E-state index contributed by atoms with van der Waals surface area (Å²) in [5.41, 5.74) is 2.09. The molecule has 0 aliphatic carbocycles. The predicted molar refractivity (Wildman–Crippen MR) is 79.2 cm³/mol. The maximum absolute atomic E-state index is 12.1. The highest BCUT2D eigenvalue weighted by molar-refractivity contribution is 5.97. The summed E-state index contributed by atoms with van der Waals surface area (Å²) in [5.74, 6) is -0.589. The highest BCUT2D eigenvalue weighted by atomic mass is 16.5. The number of carbonyl (C=O) groups is 1. The number of hydrogen-bond donors (Lipinski definition) is 1. The van der Waals surface area contributed by atoms with Crippen LogP contribution in [0.1, 0.15) is 28.4 Å². The molecule has 1 aromatic heterocycles. The van der Waals surface area contributed by atoms with Crippen LogP contribution in [0.15, 0.2) is 35.6 Å². The molecule has 0 unspecified atom stereocenters. The minimum atomic E-state index is -0.589. The molecular weight excluding hydrogens is 254 g/mol. The molecule has 4 nitrogen and oxygen atoms in total. The van der Waals surface area contributed by atoms with E-state index in [-0.39, 0.29) is 12.2 Å². The first-order valence-electron chi connectivity index (χ1n) is 6.52. The molecule has 0 fully saturated rings. The molecule has 0 spiro atoms. The Labute approximate surface area is 117 Å². The molecule has 0 saturated heterocycles. The molecule has 0 aliphatic heterocycles. The molecule has 0 aliphatic rings. The fraction of sp³-hybridized carbons (Fsp3) is 0.250. The number of benzene rings is 1. The lowest BCUT2D eigenvalue weighted by molar-refractivity contribution is 0.0523. The summed E-state index contributed by atoms with van der Waals surface area (Å²) in [6.07, 6.45) is 2.12. The van der Waals surface area contributed by atoms with E-state index in [4.69, 9.17) is 4.74 Å². The van der Waals surface area contributed by atoms with Crippen molar-refractivity contribution < 1.29 is 9.53 Å². The number of fused-ring (bicyclic) bond motifs is 1. The summed E-state index contributed by atoms with van der Waals surface area (Å²) in [4.78, 5) is 26.9. The van der Waals surface area contributed by atoms with Gasteiger partial charge in [0.05, 0.1) is 6.61 Å². The zero-order valence-electron chi connectivity index (χ0n) is 11.7. The summed E-state index contributed by atoms with van der Waals surface area (Å²) >= 11 is 0. The summed E-state index contributed by atoms with van der Waals surface area (Å²) in [5, 5.41) is 0.854. The van der Waals surface area contributed by atoms with E-state index >= 15 is 0 Å². The molecule has 1 N–H and O–H groups in total. The van der Waals surface area contributed by atoms with Crippen molar-refractivity contribution >= 4 is 16.9 Å². The fourth-order valence-corrected chi connectivity index (χ4v) is 2.25. The average Bonchev–Trinajstić information content (AvgIpc) is 2.40. The van der Waals surface area contributed by atoms with Crippen LogP contribution < -0.4 is 5.56 Å². The topological polar surface area (TPSA) is 59.2 Å². The monoisotopic (exact) mass is 271 g/mol. The van der Waals surface area contributed by atoms with Crippen molar-refractivity contribution in [2.45, 2.75) is 20.3 Å². The number of allylic oxidation sites excluding steroid dienone is 1. The molecule has 20 heavy (non-hydrogen) atoms. The van der Waals surface area contributed by atoms with Gasteiger partial charge in [-0.3, -0.25) is 4.79 Å². The molecule has 104 valence electrons. The Hall–Kier alpha value is -2.36. The Morgan fingerprint density at radius 2 is 2.20 bits per heavy atom. The molecular formula is C16H17NO3. The Bertz CT molecular complexity index is 728. The first-order valence-corrected chi connectivity index (χ1v) is 6.52. The van der Waals surface area contributed by atoms with Crippen molar-refractivity contribution in [1.29, 1.82) is 0 Å². The van der Waals surface area contributed by atoms with Crippen LogP contribution in [0.3, 0.4) is 0 Å². The largest absolute Gasteiger partial charge is 0.462 e. The number of nitrogens with one attached hydrogen (secondary N) is 1. The lowest BCUT2D eigenvalue weighted by Crippen LogP contribution is -2.22. The van der Waals surface area contributed by atoms with Gasteiger partial charge in [-0.25, -0.2) is 4.79 Å². The predicted octanol–water partition coefficient (Wildman–Crippen LogP) is 2.74. The van der Waals surface area contributed by atoms with E-state index in [0.717, 1.165) is 10.9 Å². The van der Waals surface area contributed by atoms with Crippen molar-refractivity contribution in [3.63, 3.8) is 0 Å². The number of hydrogen-bond acceptors (Lipinski definition) is 3. The van der Waals surface area contributed by atoms with Gasteiger partial charge in [0.15, 0.2) is 0 Å². The highest BCUT2D eigenvalue weighted by Gasteiger charge is 2.19. The van der Waals surface area contributed by atoms with Crippen molar-refractivity contribution in [1.82, 2.24) is 4.98 Å². The highest BCUT2D eigenvalue weighted by Crippen LogP contribution is 2.21. The van der Waals surface area contributed by atoms with Crippen LogP contribution in [0.2, 0.25) is 0 Å². The molecule has 0 radical (unpaired) electrons. The molecule has 4 heteroatoms. The number of carbonyl (C=O) groups excluding carboxylic acids is 1. The lowest BCUT2D eigenvalue weighted by atomic mass is 9.99. The van der Waals surface area contributed by atoms with Gasteiger partial charge < -0.3 is 9.72 Å². The molecule has 1 heterocycles. The number of esters is 1. The lowest BCUT2D eigenvalue weighted by Gasteiger charge is -2.11. The van der Waals surface area contributed by atoms with Crippen molar-refractivity contribution in [2.24, 2.45) is 0 Å². The maximum atomic E-state index is 12.1. The number of H-pyrrole nitrogens is 1. The second-order valence-electron chi connectivity index (χ2n) is 4.57. The van der Waals surface area contributed by atoms with Gasteiger partial charge in [0, 0.05) is 10.9 Å². The van der Waals surface area contributed by atoms with Crippen LogP contribution in [0.4, 0.5) is 0 Å². The third-order valence-electron chi connectivity index (χ3n) is 3.11. The van der Waals surface area contributed by atoms with Gasteiger partial charge >= 0.3 is 5.97 Å². The van der Waals surface area contributed by atoms with Gasteiger partial charge in [-0.1, -0.05) is 17.7 Å². The van der Waals surface area contributed by atoms with Gasteiger partial charge in [0.2, 0.25) is 0 Å². The Morgan fingerprint density at radius 1 is 1.45 bits per heavy atom. The molecule has 0 saturated carbocycles. The average molecular weight is 271 g/mol. The van der Waals surface area contributed by atoms with E-state index in [1.54, 1.807) is 13.0 Å². The summed E-state index contributed by atoms with van der Waals surface area (Å²) in [7, 11) is 0. The smallest absolute Gasteiger partial charge is 0.344 e. The number of aromatic nitrogens is 1. The van der Waals surface area contributed by atoms with Crippen LogP contribution >= 0.6 is 0 Å². The molecule has 0 atom stereocenters. The summed E-state index contributed by atoms with van der Waals surface area (Å²) < 4.78 is 4.98. The molecule has 0 amide bonds. The third-order valence-corrected chi connectivity index (χ3v) is 3.11. The number of aryl methyl sites for hydroxylation is 1. The van der Waals surface area contributed by atoms with Gasteiger partial charge in [0.25, 0.3) is 5.56 Å². The van der Waals surface area contributed by atoms with Gasteiger partial charge in [0.1, 0.15) is 5.56 Å². The van der Waals surface area contributed by atoms with E-state index in [1.165, 1.54) is 0 Å². The summed E-state index contributed by atoms with van der Waals surface area (Å²) in [6.45, 7) is 7.61. The SMILES string of the molecule is C=CCc1c(C(=O)OCC)c(=O)[nH]c2ccc(C)cc12. The van der Waals surface area contributed by atoms with Gasteiger partial charge in [-0.15, -0.1) is 6.58 Å². The minimum Gasteiger partial charge on any atom is -0.462 e. The molecule has 1 aromatic carbocycles. The number of pyridine rings is 1. The molecule has 2 aromatic rings. The zero-order valence-corrected chi connectivity index (χ0v) is 11.7. The van der Waals surface area contributed by atoms with E-state index in [9.17, 15) is 9.59 Å². The van der Waals surface area contributed by atoms with Gasteiger partial charge in [-0.2, -0.15) is 0 Å². The quantitative estimate of drug-likeness (QED) is 0.687. The summed E-state index contributed by atoms with van der Waals surface area (Å²) in [6, 6.07) is 5.71. The van der Waals surface area contributed by atoms with E-state index in [0.29, 0.717) is 17.5 Å². The zero-order chi connectivity index (χ0) is 14.7. The fourth-order valence-electron chi connectivity index (χ4n) is 2.25. The Kier molecular flexibility index (Phi) is 4.03. The van der Waals surface area contributed by atoms with Crippen LogP contribution in [0, 0.1) is 6.92 Å². The molecule has 2 rings (SSSR count). The van der Waals surface area contributed by atoms with Crippen LogP contribution in [0.5, 0.6) is 0 Å². The van der Waals surface area contributed by atoms with Gasteiger partial charge in [-0.05, 0) is 38.0 Å². The van der Waals surface area contributed by atoms with Crippen LogP contribution in [0.25, 0.3) is 10.9 Å². The van der Waals surface area contributed by atoms with Crippen molar-refractivity contribution in [3.8, 4) is 0 Å². The normalized spacial score (nSPS) is 10.5. The first-order chi connectivity index (χ1) is 9.58. The Balaban J connectivity index is 2.81. The maximum Gasteiger partial charge on any atom is 0.344 e. The standard InChI is InChI=1S/C16H17NO3/c1-4-6-11-12-9-10(3)7-8-13(12)17-15(18)14(11)16(19)20-5-2/h4,7-9H,1,5-6H2,2-3H3,(H,17,18). The van der Waals surface area contributed by atoms with E-state index in [1.807, 2.05) is 25.1 Å². The van der Waals surface area contributed by atoms with Crippen LogP contribution in [-0.4, -0.2) is 17.6 Å². The van der Waals surface area contributed by atoms with E-state index in [2.05, 4.69) is 11.6 Å². The van der Waals surface area contributed by atoms with Crippen molar-refractivity contribution in [2.75, 3.05) is 6.61 Å². The first kappa shape index (κ1) is 14.1. The number of rotatable bonds is 4. The second kappa shape index (κ2) is 5.74. The minimum absolute atomic E-state index is 0.0739. The van der Waals surface area contributed by atoms with Crippen LogP contribution in [-0.2, 0) is 11.2 Å². The molecule has 0 bridgehead atoms. The van der Waals surface area contributed by atoms with Crippen molar-refractivity contribution in [3.05, 3.63) is 57.9 Å². The number of ether oxygens (including phenoxy) is 1. The second-order valence-corrected chi connectivity index (χ2v) is 4.57. The third kappa shape index (κ3) is 2.50. The number of aromatic amines is 1. The Morgan fingerprint density at radius 3 is 2.85 bits per heavy atom.